The van der Waals surface area contributed by atoms with Gasteiger partial charge in [-0.05, 0) is 68.8 Å². The standard InChI is InChI=1S/C48H33N3O/c1-48(2)39-19-11-9-17-36(39)37-26-25-34(29-40(37)48)30-21-23-31(24-22-30)35-27-28-42-43(38-18-10-12-20-41(38)52-42)44(35)47-50-45(32-13-5-3-6-14-32)49-46(51-47)33-15-7-4-8-16-33/h3-29H,1-2H3. The average Bonchev–Trinajstić information content (AvgIpc) is 3.70. The third kappa shape index (κ3) is 4.79. The van der Waals surface area contributed by atoms with E-state index in [1.165, 1.54) is 33.4 Å². The van der Waals surface area contributed by atoms with Gasteiger partial charge in [-0.3, -0.25) is 0 Å². The zero-order chi connectivity index (χ0) is 34.8. The van der Waals surface area contributed by atoms with Crippen molar-refractivity contribution in [2.24, 2.45) is 0 Å². The van der Waals surface area contributed by atoms with Crippen LogP contribution >= 0.6 is 0 Å². The molecule has 0 atom stereocenters. The van der Waals surface area contributed by atoms with Crippen molar-refractivity contribution in [3.63, 3.8) is 0 Å². The van der Waals surface area contributed by atoms with Crippen LogP contribution in [0.25, 0.3) is 89.5 Å². The molecule has 0 saturated carbocycles. The summed E-state index contributed by atoms with van der Waals surface area (Å²) in [5, 5.41) is 2.01. The summed E-state index contributed by atoms with van der Waals surface area (Å²) in [7, 11) is 0. The summed E-state index contributed by atoms with van der Waals surface area (Å²) in [6, 6.07) is 57.2. The van der Waals surface area contributed by atoms with Crippen molar-refractivity contribution >= 4 is 21.9 Å². The largest absolute Gasteiger partial charge is 0.456 e. The van der Waals surface area contributed by atoms with Gasteiger partial charge in [0.25, 0.3) is 0 Å². The summed E-state index contributed by atoms with van der Waals surface area (Å²) < 4.78 is 6.42. The summed E-state index contributed by atoms with van der Waals surface area (Å²) in [5.41, 5.74) is 14.2. The molecule has 9 aromatic rings. The fourth-order valence-corrected chi connectivity index (χ4v) is 7.94. The molecule has 0 bridgehead atoms. The summed E-state index contributed by atoms with van der Waals surface area (Å²) >= 11 is 0. The Morgan fingerprint density at radius 2 is 0.962 bits per heavy atom. The Morgan fingerprint density at radius 3 is 1.69 bits per heavy atom. The van der Waals surface area contributed by atoms with E-state index < -0.39 is 0 Å². The molecule has 0 amide bonds. The Kier molecular flexibility index (Phi) is 6.80. The quantitative estimate of drug-likeness (QED) is 0.183. The minimum absolute atomic E-state index is 0.0543. The minimum atomic E-state index is -0.0543. The average molecular weight is 668 g/mol. The number of aromatic nitrogens is 3. The highest BCUT2D eigenvalue weighted by atomic mass is 16.3. The van der Waals surface area contributed by atoms with Crippen LogP contribution in [0.2, 0.25) is 0 Å². The number of furan rings is 1. The van der Waals surface area contributed by atoms with E-state index >= 15 is 0 Å². The first-order valence-electron chi connectivity index (χ1n) is 17.7. The summed E-state index contributed by atoms with van der Waals surface area (Å²) in [5.74, 6) is 1.85. The molecular weight excluding hydrogens is 635 g/mol. The zero-order valence-electron chi connectivity index (χ0n) is 28.8. The zero-order valence-corrected chi connectivity index (χ0v) is 28.8. The number of hydrogen-bond acceptors (Lipinski definition) is 4. The van der Waals surface area contributed by atoms with Crippen molar-refractivity contribution in [2.45, 2.75) is 19.3 Å². The van der Waals surface area contributed by atoms with Crippen LogP contribution in [0, 0.1) is 0 Å². The lowest BCUT2D eigenvalue weighted by molar-refractivity contribution is 0.660. The highest BCUT2D eigenvalue weighted by Gasteiger charge is 2.35. The molecule has 0 saturated heterocycles. The van der Waals surface area contributed by atoms with Gasteiger partial charge in [-0.25, -0.2) is 15.0 Å². The fraction of sp³-hybridized carbons (Fsp3) is 0.0625. The molecule has 1 aliphatic carbocycles. The fourth-order valence-electron chi connectivity index (χ4n) is 7.94. The smallest absolute Gasteiger partial charge is 0.165 e. The molecule has 2 aromatic heterocycles. The maximum atomic E-state index is 6.42. The Balaban J connectivity index is 1.16. The highest BCUT2D eigenvalue weighted by molar-refractivity contribution is 6.15. The Labute approximate surface area is 302 Å². The van der Waals surface area contributed by atoms with Gasteiger partial charge in [0.05, 0.1) is 0 Å². The van der Waals surface area contributed by atoms with E-state index in [1.807, 2.05) is 72.8 Å². The molecule has 0 aliphatic heterocycles. The van der Waals surface area contributed by atoms with Gasteiger partial charge in [-0.2, -0.15) is 0 Å². The van der Waals surface area contributed by atoms with Crippen LogP contribution in [-0.2, 0) is 5.41 Å². The lowest BCUT2D eigenvalue weighted by atomic mass is 9.81. The molecule has 7 aromatic carbocycles. The summed E-state index contributed by atoms with van der Waals surface area (Å²) in [4.78, 5) is 15.4. The Morgan fingerprint density at radius 1 is 0.404 bits per heavy atom. The number of fused-ring (bicyclic) bond motifs is 6. The normalized spacial score (nSPS) is 13.0. The van der Waals surface area contributed by atoms with Crippen LogP contribution < -0.4 is 0 Å². The topological polar surface area (TPSA) is 51.8 Å². The molecule has 246 valence electrons. The molecule has 0 spiro atoms. The number of para-hydroxylation sites is 1. The third-order valence-corrected chi connectivity index (χ3v) is 10.6. The molecule has 0 radical (unpaired) electrons. The maximum Gasteiger partial charge on any atom is 0.165 e. The van der Waals surface area contributed by atoms with E-state index in [4.69, 9.17) is 19.4 Å². The summed E-state index contributed by atoms with van der Waals surface area (Å²) in [6.45, 7) is 4.66. The van der Waals surface area contributed by atoms with E-state index in [-0.39, 0.29) is 5.41 Å². The maximum absolute atomic E-state index is 6.42. The Bertz CT molecular complexity index is 2740. The lowest BCUT2D eigenvalue weighted by Crippen LogP contribution is -2.14. The van der Waals surface area contributed by atoms with Crippen molar-refractivity contribution in [3.8, 4) is 67.5 Å². The van der Waals surface area contributed by atoms with Gasteiger partial charge in [0.1, 0.15) is 11.2 Å². The van der Waals surface area contributed by atoms with E-state index in [2.05, 4.69) is 105 Å². The molecule has 4 heteroatoms. The van der Waals surface area contributed by atoms with Crippen molar-refractivity contribution in [1.82, 2.24) is 15.0 Å². The molecule has 52 heavy (non-hydrogen) atoms. The lowest BCUT2D eigenvalue weighted by Gasteiger charge is -2.22. The SMILES string of the molecule is CC1(C)c2ccccc2-c2ccc(-c3ccc(-c4ccc5oc6ccccc6c5c4-c4nc(-c5ccccc5)nc(-c5ccccc5)n4)cc3)cc21. The van der Waals surface area contributed by atoms with Gasteiger partial charge in [-0.1, -0.05) is 153 Å². The molecule has 4 nitrogen and oxygen atoms in total. The predicted octanol–water partition coefficient (Wildman–Crippen LogP) is 12.4. The van der Waals surface area contributed by atoms with Crippen LogP contribution in [0.5, 0.6) is 0 Å². The van der Waals surface area contributed by atoms with E-state index in [9.17, 15) is 0 Å². The second kappa shape index (κ2) is 11.7. The first kappa shape index (κ1) is 30.2. The Hall–Kier alpha value is -6.65. The van der Waals surface area contributed by atoms with Crippen LogP contribution in [-0.4, -0.2) is 15.0 Å². The molecular formula is C48H33N3O. The van der Waals surface area contributed by atoms with Gasteiger partial charge in [0, 0.05) is 32.9 Å². The second-order valence-electron chi connectivity index (χ2n) is 14.0. The number of hydrogen-bond donors (Lipinski definition) is 0. The van der Waals surface area contributed by atoms with E-state index in [0.29, 0.717) is 17.5 Å². The number of benzene rings is 7. The molecule has 0 N–H and O–H groups in total. The second-order valence-corrected chi connectivity index (χ2v) is 14.0. The van der Waals surface area contributed by atoms with Crippen LogP contribution in [0.15, 0.2) is 168 Å². The van der Waals surface area contributed by atoms with Gasteiger partial charge >= 0.3 is 0 Å². The van der Waals surface area contributed by atoms with Crippen LogP contribution in [0.1, 0.15) is 25.0 Å². The van der Waals surface area contributed by atoms with Crippen molar-refractivity contribution in [3.05, 3.63) is 175 Å². The van der Waals surface area contributed by atoms with Crippen LogP contribution in [0.4, 0.5) is 0 Å². The molecule has 0 unspecified atom stereocenters. The molecule has 0 fully saturated rings. The van der Waals surface area contributed by atoms with Gasteiger partial charge in [0.15, 0.2) is 17.5 Å². The minimum Gasteiger partial charge on any atom is -0.456 e. The number of nitrogens with zero attached hydrogens (tertiary/aromatic N) is 3. The molecule has 10 rings (SSSR count). The third-order valence-electron chi connectivity index (χ3n) is 10.6. The predicted molar refractivity (Wildman–Crippen MR) is 212 cm³/mol. The van der Waals surface area contributed by atoms with Crippen molar-refractivity contribution in [2.75, 3.05) is 0 Å². The number of rotatable bonds is 5. The van der Waals surface area contributed by atoms with Crippen LogP contribution in [0.3, 0.4) is 0 Å². The van der Waals surface area contributed by atoms with Gasteiger partial charge in [-0.15, -0.1) is 0 Å². The monoisotopic (exact) mass is 667 g/mol. The first-order chi connectivity index (χ1) is 25.5. The molecule has 1 aliphatic rings. The van der Waals surface area contributed by atoms with Crippen molar-refractivity contribution in [1.29, 1.82) is 0 Å². The van der Waals surface area contributed by atoms with Crippen molar-refractivity contribution < 1.29 is 4.42 Å². The first-order valence-corrected chi connectivity index (χ1v) is 17.7. The summed E-state index contributed by atoms with van der Waals surface area (Å²) in [6.07, 6.45) is 0. The van der Waals surface area contributed by atoms with Gasteiger partial charge in [0.2, 0.25) is 0 Å². The molecule has 2 heterocycles. The highest BCUT2D eigenvalue weighted by Crippen LogP contribution is 2.50. The van der Waals surface area contributed by atoms with Gasteiger partial charge < -0.3 is 4.42 Å². The van der Waals surface area contributed by atoms with E-state index in [1.54, 1.807) is 0 Å². The van der Waals surface area contributed by atoms with E-state index in [0.717, 1.165) is 49.8 Å².